The topological polar surface area (TPSA) is 56.4 Å². The molecule has 1 aliphatic heterocycles. The molecule has 6 nitrogen and oxygen atoms in total. The predicted octanol–water partition coefficient (Wildman–Crippen LogP) is -0.544. The van der Waals surface area contributed by atoms with Gasteiger partial charge < -0.3 is 24.6 Å². The fourth-order valence-corrected chi connectivity index (χ4v) is 3.49. The van der Waals surface area contributed by atoms with Crippen molar-refractivity contribution in [1.29, 1.82) is 0 Å². The first-order valence-electron chi connectivity index (χ1n) is 10.0. The number of benzene rings is 1. The minimum absolute atomic E-state index is 0.172. The lowest BCUT2D eigenvalue weighted by molar-refractivity contribution is -1.02. The zero-order chi connectivity index (χ0) is 20.0. The molecule has 1 fully saturated rings. The van der Waals surface area contributed by atoms with Crippen molar-refractivity contribution in [2.24, 2.45) is 5.92 Å². The van der Waals surface area contributed by atoms with E-state index in [0.29, 0.717) is 12.5 Å². The molecule has 0 saturated carbocycles. The van der Waals surface area contributed by atoms with Crippen molar-refractivity contribution in [3.8, 4) is 11.5 Å². The Hall–Kier alpha value is -1.79. The number of nitrogens with one attached hydrogen (secondary N) is 3. The molecule has 1 aromatic carbocycles. The molecule has 0 spiro atoms. The molecule has 3 N–H and O–H groups in total. The quantitative estimate of drug-likeness (QED) is 0.569. The van der Waals surface area contributed by atoms with Crippen molar-refractivity contribution in [2.45, 2.75) is 40.3 Å². The van der Waals surface area contributed by atoms with Crippen LogP contribution in [0.1, 0.15) is 31.9 Å². The summed E-state index contributed by atoms with van der Waals surface area (Å²) in [6, 6.07) is 4.38. The highest BCUT2D eigenvalue weighted by molar-refractivity contribution is 5.77. The van der Waals surface area contributed by atoms with E-state index in [1.165, 1.54) is 16.0 Å². The monoisotopic (exact) mass is 379 g/mol. The molecule has 0 radical (unpaired) electrons. The third-order valence-electron chi connectivity index (χ3n) is 5.75. The van der Waals surface area contributed by atoms with Crippen LogP contribution in [0.2, 0.25) is 0 Å². The van der Waals surface area contributed by atoms with Crippen molar-refractivity contribution in [3.63, 3.8) is 0 Å². The fourth-order valence-electron chi connectivity index (χ4n) is 3.49. The SMILES string of the molecule is COc1cc(C)c(C[NH+]2CC[NH+](CC(=O)N[C@@H](C)C(C)C)CC2)cc1OC. The molecule has 1 amide bonds. The van der Waals surface area contributed by atoms with E-state index in [1.807, 2.05) is 0 Å². The highest BCUT2D eigenvalue weighted by atomic mass is 16.5. The summed E-state index contributed by atoms with van der Waals surface area (Å²) >= 11 is 0. The van der Waals surface area contributed by atoms with Gasteiger partial charge in [0.05, 0.1) is 14.2 Å². The van der Waals surface area contributed by atoms with Crippen LogP contribution in [0.3, 0.4) is 0 Å². The molecule has 6 heteroatoms. The van der Waals surface area contributed by atoms with E-state index in [4.69, 9.17) is 9.47 Å². The Morgan fingerprint density at radius 3 is 2.15 bits per heavy atom. The van der Waals surface area contributed by atoms with E-state index in [0.717, 1.165) is 44.2 Å². The van der Waals surface area contributed by atoms with Crippen LogP contribution >= 0.6 is 0 Å². The average Bonchev–Trinajstić information content (AvgIpc) is 2.64. The Morgan fingerprint density at radius 2 is 1.59 bits per heavy atom. The maximum atomic E-state index is 12.2. The standard InChI is InChI=1S/C21H35N3O3/c1-15(2)17(4)22-21(25)14-24-9-7-23(8-10-24)13-18-12-20(27-6)19(26-5)11-16(18)3/h11-12,15,17H,7-10,13-14H2,1-6H3,(H,22,25)/p+2/t17-/m0/s1. The molecule has 0 unspecified atom stereocenters. The van der Waals surface area contributed by atoms with Crippen LogP contribution in [0.25, 0.3) is 0 Å². The number of carbonyl (C=O) groups is 1. The van der Waals surface area contributed by atoms with Crippen LogP contribution in [0.15, 0.2) is 12.1 Å². The van der Waals surface area contributed by atoms with Gasteiger partial charge in [0.15, 0.2) is 18.0 Å². The third kappa shape index (κ3) is 6.11. The zero-order valence-corrected chi connectivity index (χ0v) is 17.8. The molecule has 0 aromatic heterocycles. The first-order valence-corrected chi connectivity index (χ1v) is 10.0. The van der Waals surface area contributed by atoms with Crippen molar-refractivity contribution in [3.05, 3.63) is 23.3 Å². The summed E-state index contributed by atoms with van der Waals surface area (Å²) < 4.78 is 10.8. The lowest BCUT2D eigenvalue weighted by Gasteiger charge is -2.30. The number of carbonyl (C=O) groups excluding carboxylic acids is 1. The summed E-state index contributed by atoms with van der Waals surface area (Å²) in [5.74, 6) is 2.21. The Kier molecular flexibility index (Phi) is 7.92. The second kappa shape index (κ2) is 9.95. The summed E-state index contributed by atoms with van der Waals surface area (Å²) in [5.41, 5.74) is 2.53. The van der Waals surface area contributed by atoms with Crippen LogP contribution in [0.4, 0.5) is 0 Å². The van der Waals surface area contributed by atoms with Crippen molar-refractivity contribution in [2.75, 3.05) is 46.9 Å². The van der Waals surface area contributed by atoms with Crippen LogP contribution < -0.4 is 24.6 Å². The highest BCUT2D eigenvalue weighted by Gasteiger charge is 2.26. The lowest BCUT2D eigenvalue weighted by Crippen LogP contribution is -3.28. The van der Waals surface area contributed by atoms with Gasteiger partial charge in [0.2, 0.25) is 0 Å². The Bertz CT molecular complexity index is 625. The minimum atomic E-state index is 0.172. The molecule has 1 atom stereocenters. The van der Waals surface area contributed by atoms with Gasteiger partial charge >= 0.3 is 0 Å². The highest BCUT2D eigenvalue weighted by Crippen LogP contribution is 2.29. The van der Waals surface area contributed by atoms with Crippen LogP contribution in [0.5, 0.6) is 11.5 Å². The van der Waals surface area contributed by atoms with E-state index in [-0.39, 0.29) is 11.9 Å². The number of methoxy groups -OCH3 is 2. The number of piperazine rings is 1. The Balaban J connectivity index is 1.85. The Labute approximate surface area is 163 Å². The van der Waals surface area contributed by atoms with E-state index in [9.17, 15) is 4.79 Å². The average molecular weight is 380 g/mol. The maximum absolute atomic E-state index is 12.2. The van der Waals surface area contributed by atoms with Gasteiger partial charge in [-0.2, -0.15) is 0 Å². The van der Waals surface area contributed by atoms with Crippen molar-refractivity contribution in [1.82, 2.24) is 5.32 Å². The van der Waals surface area contributed by atoms with E-state index in [2.05, 4.69) is 45.1 Å². The maximum Gasteiger partial charge on any atom is 0.275 e. The molecule has 1 saturated heterocycles. The first kappa shape index (κ1) is 21.5. The number of hydrogen-bond acceptors (Lipinski definition) is 3. The van der Waals surface area contributed by atoms with Crippen molar-refractivity contribution < 1.29 is 24.1 Å². The second-order valence-electron chi connectivity index (χ2n) is 8.09. The summed E-state index contributed by atoms with van der Waals surface area (Å²) in [7, 11) is 3.35. The molecule has 27 heavy (non-hydrogen) atoms. The minimum Gasteiger partial charge on any atom is -0.493 e. The van der Waals surface area contributed by atoms with Gasteiger partial charge in [-0.1, -0.05) is 13.8 Å². The number of rotatable bonds is 8. The number of hydrogen-bond donors (Lipinski definition) is 3. The molecule has 0 aliphatic carbocycles. The molecular weight excluding hydrogens is 342 g/mol. The molecule has 152 valence electrons. The molecule has 2 rings (SSSR count). The second-order valence-corrected chi connectivity index (χ2v) is 8.09. The zero-order valence-electron chi connectivity index (χ0n) is 17.8. The first-order chi connectivity index (χ1) is 12.8. The van der Waals surface area contributed by atoms with Gasteiger partial charge in [-0.05, 0) is 37.5 Å². The summed E-state index contributed by atoms with van der Waals surface area (Å²) in [6.45, 7) is 14.3. The summed E-state index contributed by atoms with van der Waals surface area (Å²) in [4.78, 5) is 15.2. The van der Waals surface area contributed by atoms with Crippen LogP contribution in [-0.4, -0.2) is 58.9 Å². The fraction of sp³-hybridized carbons (Fsp3) is 0.667. The van der Waals surface area contributed by atoms with Gasteiger partial charge in [-0.15, -0.1) is 0 Å². The van der Waals surface area contributed by atoms with Crippen LogP contribution in [-0.2, 0) is 11.3 Å². The van der Waals surface area contributed by atoms with Crippen LogP contribution in [0, 0.1) is 12.8 Å². The van der Waals surface area contributed by atoms with Crippen molar-refractivity contribution >= 4 is 5.91 Å². The van der Waals surface area contributed by atoms with Gasteiger partial charge in [-0.3, -0.25) is 4.79 Å². The third-order valence-corrected chi connectivity index (χ3v) is 5.75. The molecule has 1 aromatic rings. The van der Waals surface area contributed by atoms with E-state index in [1.54, 1.807) is 19.1 Å². The number of amides is 1. The summed E-state index contributed by atoms with van der Waals surface area (Å²) in [5, 5.41) is 3.12. The molecule has 0 bridgehead atoms. The van der Waals surface area contributed by atoms with Gasteiger partial charge in [0, 0.05) is 11.6 Å². The van der Waals surface area contributed by atoms with E-state index >= 15 is 0 Å². The molecular formula is C21H37N3O3+2. The number of ether oxygens (including phenoxy) is 2. The Morgan fingerprint density at radius 1 is 1.04 bits per heavy atom. The van der Waals surface area contributed by atoms with Gasteiger partial charge in [0.25, 0.3) is 5.91 Å². The summed E-state index contributed by atoms with van der Waals surface area (Å²) in [6.07, 6.45) is 0. The predicted molar refractivity (Wildman–Crippen MR) is 107 cm³/mol. The number of quaternary nitrogens is 2. The normalized spacial score (nSPS) is 21.0. The van der Waals surface area contributed by atoms with E-state index < -0.39 is 0 Å². The largest absolute Gasteiger partial charge is 0.493 e. The van der Waals surface area contributed by atoms with Gasteiger partial charge in [0.1, 0.15) is 32.7 Å². The smallest absolute Gasteiger partial charge is 0.275 e. The van der Waals surface area contributed by atoms with Gasteiger partial charge in [-0.25, -0.2) is 0 Å². The lowest BCUT2D eigenvalue weighted by atomic mass is 10.1. The number of aryl methyl sites for hydroxylation is 1. The molecule has 1 heterocycles. The molecule has 1 aliphatic rings.